The van der Waals surface area contributed by atoms with Crippen LogP contribution in [0, 0.1) is 12.7 Å². The van der Waals surface area contributed by atoms with Crippen molar-refractivity contribution in [1.82, 2.24) is 0 Å². The van der Waals surface area contributed by atoms with Gasteiger partial charge in [0.15, 0.2) is 0 Å². The highest BCUT2D eigenvalue weighted by molar-refractivity contribution is 5.48. The van der Waals surface area contributed by atoms with Crippen LogP contribution in [0.1, 0.15) is 31.7 Å². The third kappa shape index (κ3) is 3.45. The number of aryl methyl sites for hydroxylation is 1. The van der Waals surface area contributed by atoms with Gasteiger partial charge in [0.25, 0.3) is 0 Å². The van der Waals surface area contributed by atoms with Gasteiger partial charge in [0.05, 0.1) is 18.2 Å². The van der Waals surface area contributed by atoms with Gasteiger partial charge in [0, 0.05) is 12.3 Å². The fraction of sp³-hybridized carbons (Fsp3) is 0.600. The van der Waals surface area contributed by atoms with E-state index in [0.29, 0.717) is 6.61 Å². The van der Waals surface area contributed by atoms with Gasteiger partial charge in [0.1, 0.15) is 5.82 Å². The van der Waals surface area contributed by atoms with Gasteiger partial charge in [-0.05, 0) is 49.9 Å². The number of nitrogens with one attached hydrogen (secondary N) is 1. The molecule has 1 saturated heterocycles. The Balaban J connectivity index is 2.17. The summed E-state index contributed by atoms with van der Waals surface area (Å²) in [6.45, 7) is 4.59. The topological polar surface area (TPSA) is 41.5 Å². The summed E-state index contributed by atoms with van der Waals surface area (Å²) in [6.07, 6.45) is 2.56. The van der Waals surface area contributed by atoms with Crippen LogP contribution in [-0.2, 0) is 4.74 Å². The van der Waals surface area contributed by atoms with Crippen LogP contribution in [0.25, 0.3) is 0 Å². The van der Waals surface area contributed by atoms with Gasteiger partial charge in [-0.1, -0.05) is 6.92 Å². The number of ether oxygens (including phenoxy) is 1. The highest BCUT2D eigenvalue weighted by Crippen LogP contribution is 2.30. The molecule has 2 rings (SSSR count). The number of aliphatic hydroxyl groups excluding tert-OH is 1. The molecule has 2 atom stereocenters. The molecular weight excluding hydrogens is 245 g/mol. The molecule has 0 saturated carbocycles. The molecule has 1 fully saturated rings. The van der Waals surface area contributed by atoms with E-state index in [2.05, 4.69) is 12.2 Å². The minimum absolute atomic E-state index is 0.0302. The minimum Gasteiger partial charge on any atom is -0.394 e. The Morgan fingerprint density at radius 2 is 2.26 bits per heavy atom. The highest BCUT2D eigenvalue weighted by Gasteiger charge is 2.36. The fourth-order valence-electron chi connectivity index (χ4n) is 2.69. The van der Waals surface area contributed by atoms with Gasteiger partial charge >= 0.3 is 0 Å². The van der Waals surface area contributed by atoms with Gasteiger partial charge in [-0.2, -0.15) is 0 Å². The van der Waals surface area contributed by atoms with Crippen LogP contribution in [0.3, 0.4) is 0 Å². The molecule has 0 spiro atoms. The number of anilines is 1. The summed E-state index contributed by atoms with van der Waals surface area (Å²) in [5.74, 6) is -0.255. The van der Waals surface area contributed by atoms with Crippen molar-refractivity contribution in [2.45, 2.75) is 44.8 Å². The number of hydrogen-bond acceptors (Lipinski definition) is 3. The molecule has 1 heterocycles. The zero-order chi connectivity index (χ0) is 13.9. The van der Waals surface area contributed by atoms with E-state index in [1.54, 1.807) is 0 Å². The van der Waals surface area contributed by atoms with Gasteiger partial charge in [-0.25, -0.2) is 4.39 Å². The van der Waals surface area contributed by atoms with E-state index in [1.807, 2.05) is 13.0 Å². The lowest BCUT2D eigenvalue weighted by atomic mass is 9.86. The van der Waals surface area contributed by atoms with Crippen LogP contribution in [0.5, 0.6) is 0 Å². The Hall–Kier alpha value is -1.13. The van der Waals surface area contributed by atoms with Crippen LogP contribution >= 0.6 is 0 Å². The van der Waals surface area contributed by atoms with Crippen molar-refractivity contribution >= 4 is 5.69 Å². The zero-order valence-corrected chi connectivity index (χ0v) is 11.6. The first-order valence-electron chi connectivity index (χ1n) is 6.85. The molecule has 0 amide bonds. The zero-order valence-electron chi connectivity index (χ0n) is 11.6. The second kappa shape index (κ2) is 5.88. The molecule has 19 heavy (non-hydrogen) atoms. The number of halogens is 1. The second-order valence-corrected chi connectivity index (χ2v) is 5.44. The summed E-state index contributed by atoms with van der Waals surface area (Å²) in [7, 11) is 0. The second-order valence-electron chi connectivity index (χ2n) is 5.44. The molecule has 2 unspecified atom stereocenters. The van der Waals surface area contributed by atoms with E-state index in [4.69, 9.17) is 4.74 Å². The van der Waals surface area contributed by atoms with E-state index < -0.39 is 5.54 Å². The minimum atomic E-state index is -0.404. The van der Waals surface area contributed by atoms with Crippen molar-refractivity contribution in [2.24, 2.45) is 0 Å². The normalized spacial score (nSPS) is 27.3. The van der Waals surface area contributed by atoms with Crippen molar-refractivity contribution < 1.29 is 14.2 Å². The van der Waals surface area contributed by atoms with Crippen molar-refractivity contribution in [3.8, 4) is 0 Å². The number of benzene rings is 1. The smallest absolute Gasteiger partial charge is 0.125 e. The molecule has 0 bridgehead atoms. The number of rotatable bonds is 4. The summed E-state index contributed by atoms with van der Waals surface area (Å²) in [5.41, 5.74) is 1.19. The van der Waals surface area contributed by atoms with Crippen LogP contribution in [-0.4, -0.2) is 30.0 Å². The van der Waals surface area contributed by atoms with E-state index in [-0.39, 0.29) is 18.5 Å². The van der Waals surface area contributed by atoms with E-state index in [0.717, 1.165) is 30.5 Å². The third-order valence-electron chi connectivity index (χ3n) is 3.76. The predicted molar refractivity (Wildman–Crippen MR) is 73.8 cm³/mol. The molecule has 4 heteroatoms. The van der Waals surface area contributed by atoms with Crippen LogP contribution in [0.15, 0.2) is 18.2 Å². The molecule has 2 N–H and O–H groups in total. The van der Waals surface area contributed by atoms with Gasteiger partial charge in [-0.3, -0.25) is 0 Å². The lowest BCUT2D eigenvalue weighted by molar-refractivity contribution is -0.0273. The quantitative estimate of drug-likeness (QED) is 0.881. The molecule has 1 aliphatic rings. The Labute approximate surface area is 113 Å². The fourth-order valence-corrected chi connectivity index (χ4v) is 2.69. The molecule has 106 valence electrons. The molecule has 1 aromatic rings. The summed E-state index contributed by atoms with van der Waals surface area (Å²) in [6, 6.07) is 4.87. The molecule has 1 aliphatic heterocycles. The number of hydrogen-bond donors (Lipinski definition) is 2. The largest absolute Gasteiger partial charge is 0.394 e. The lowest BCUT2D eigenvalue weighted by Gasteiger charge is -2.41. The van der Waals surface area contributed by atoms with Crippen molar-refractivity contribution in [1.29, 1.82) is 0 Å². The first kappa shape index (κ1) is 14.3. The summed E-state index contributed by atoms with van der Waals surface area (Å²) < 4.78 is 19.1. The average Bonchev–Trinajstić information content (AvgIpc) is 2.37. The van der Waals surface area contributed by atoms with Gasteiger partial charge < -0.3 is 15.2 Å². The van der Waals surface area contributed by atoms with Crippen molar-refractivity contribution in [2.75, 3.05) is 18.5 Å². The Bertz CT molecular complexity index is 418. The first-order chi connectivity index (χ1) is 9.07. The van der Waals surface area contributed by atoms with Crippen molar-refractivity contribution in [3.63, 3.8) is 0 Å². The SMILES string of the molecule is CCC1CC(CO)(Nc2cc(C)cc(F)c2)CCO1. The Morgan fingerprint density at radius 1 is 1.47 bits per heavy atom. The molecule has 3 nitrogen and oxygen atoms in total. The van der Waals surface area contributed by atoms with Crippen LogP contribution < -0.4 is 5.32 Å². The summed E-state index contributed by atoms with van der Waals surface area (Å²) >= 11 is 0. The molecule has 0 aromatic heterocycles. The van der Waals surface area contributed by atoms with Crippen LogP contribution in [0.2, 0.25) is 0 Å². The molecule has 1 aromatic carbocycles. The maximum atomic E-state index is 13.4. The van der Waals surface area contributed by atoms with E-state index >= 15 is 0 Å². The maximum Gasteiger partial charge on any atom is 0.125 e. The third-order valence-corrected chi connectivity index (χ3v) is 3.76. The maximum absolute atomic E-state index is 13.4. The predicted octanol–water partition coefficient (Wildman–Crippen LogP) is 2.87. The van der Waals surface area contributed by atoms with Gasteiger partial charge in [-0.15, -0.1) is 0 Å². The molecule has 0 radical (unpaired) electrons. The Kier molecular flexibility index (Phi) is 4.42. The van der Waals surface area contributed by atoms with E-state index in [9.17, 15) is 9.50 Å². The first-order valence-corrected chi connectivity index (χ1v) is 6.85. The Morgan fingerprint density at radius 3 is 2.89 bits per heavy atom. The van der Waals surface area contributed by atoms with Crippen LogP contribution in [0.4, 0.5) is 10.1 Å². The highest BCUT2D eigenvalue weighted by atomic mass is 19.1. The average molecular weight is 267 g/mol. The monoisotopic (exact) mass is 267 g/mol. The molecule has 0 aliphatic carbocycles. The summed E-state index contributed by atoms with van der Waals surface area (Å²) in [5, 5.41) is 13.1. The van der Waals surface area contributed by atoms with Crippen molar-refractivity contribution in [3.05, 3.63) is 29.6 Å². The summed E-state index contributed by atoms with van der Waals surface area (Å²) in [4.78, 5) is 0. The van der Waals surface area contributed by atoms with E-state index in [1.165, 1.54) is 12.1 Å². The standard InChI is InChI=1S/C15H22FNO2/c1-3-14-9-15(10-18,4-5-19-14)17-13-7-11(2)6-12(16)8-13/h6-8,14,17-18H,3-5,9-10H2,1-2H3. The lowest BCUT2D eigenvalue weighted by Crippen LogP contribution is -2.49. The number of aliphatic hydroxyl groups is 1. The van der Waals surface area contributed by atoms with Gasteiger partial charge in [0.2, 0.25) is 0 Å². The molecular formula is C15H22FNO2.